The normalized spacial score (nSPS) is 20.2. The van der Waals surface area contributed by atoms with Gasteiger partial charge in [0.05, 0.1) is 18.2 Å². The highest BCUT2D eigenvalue weighted by Crippen LogP contribution is 2.40. The van der Waals surface area contributed by atoms with Gasteiger partial charge in [0.15, 0.2) is 5.11 Å². The molecule has 3 rings (SSSR count). The fraction of sp³-hybridized carbons (Fsp3) is 0.444. The first kappa shape index (κ1) is 19.4. The number of esters is 1. The Bertz CT molecular complexity index is 765. The number of thiocarbonyl (C=S) groups is 1. The van der Waals surface area contributed by atoms with Crippen LogP contribution in [-0.4, -0.2) is 42.3 Å². The minimum Gasteiger partial charge on any atom is -0.460 e. The number of carbonyl (C=O) groups is 1. The van der Waals surface area contributed by atoms with Gasteiger partial charge in [0.1, 0.15) is 6.61 Å². The summed E-state index contributed by atoms with van der Waals surface area (Å²) in [7, 11) is 1.56. The number of methoxy groups -OCH3 is 1. The molecule has 0 saturated heterocycles. The molecule has 1 N–H and O–H groups in total. The van der Waals surface area contributed by atoms with Gasteiger partial charge in [-0.25, -0.2) is 4.79 Å². The smallest absolute Gasteiger partial charge is 0.338 e. The first-order chi connectivity index (χ1) is 12.4. The van der Waals surface area contributed by atoms with E-state index in [0.29, 0.717) is 33.4 Å². The van der Waals surface area contributed by atoms with E-state index in [1.54, 1.807) is 25.3 Å². The van der Waals surface area contributed by atoms with E-state index in [1.807, 2.05) is 11.8 Å². The molecule has 1 aliphatic heterocycles. The summed E-state index contributed by atoms with van der Waals surface area (Å²) in [6.45, 7) is 2.42. The summed E-state index contributed by atoms with van der Waals surface area (Å²) in [5.74, 6) is -0.406. The fourth-order valence-electron chi connectivity index (χ4n) is 3.06. The van der Waals surface area contributed by atoms with E-state index in [0.717, 1.165) is 24.1 Å². The highest BCUT2D eigenvalue weighted by Gasteiger charge is 2.41. The molecule has 0 amide bonds. The lowest BCUT2D eigenvalue weighted by Gasteiger charge is -2.38. The molecule has 8 heteroatoms. The van der Waals surface area contributed by atoms with Gasteiger partial charge in [-0.2, -0.15) is 0 Å². The van der Waals surface area contributed by atoms with Gasteiger partial charge in [-0.05, 0) is 49.7 Å². The third kappa shape index (κ3) is 3.98. The molecule has 2 aliphatic rings. The quantitative estimate of drug-likeness (QED) is 0.433. The lowest BCUT2D eigenvalue weighted by atomic mass is 9.95. The Morgan fingerprint density at radius 1 is 1.35 bits per heavy atom. The second-order valence-electron chi connectivity index (χ2n) is 6.28. The first-order valence-electron chi connectivity index (χ1n) is 8.35. The van der Waals surface area contributed by atoms with Crippen LogP contribution in [0.15, 0.2) is 29.5 Å². The van der Waals surface area contributed by atoms with Crippen molar-refractivity contribution in [3.05, 3.63) is 45.1 Å². The van der Waals surface area contributed by atoms with Crippen LogP contribution in [0.3, 0.4) is 0 Å². The van der Waals surface area contributed by atoms with Crippen LogP contribution in [0.25, 0.3) is 0 Å². The van der Waals surface area contributed by atoms with Crippen LogP contribution >= 0.6 is 35.4 Å². The summed E-state index contributed by atoms with van der Waals surface area (Å²) in [5, 5.41) is 4.84. The Labute approximate surface area is 168 Å². The fourth-order valence-corrected chi connectivity index (χ4v) is 3.98. The molecule has 26 heavy (non-hydrogen) atoms. The second kappa shape index (κ2) is 8.13. The summed E-state index contributed by atoms with van der Waals surface area (Å²) in [6, 6.07) is 5.03. The topological polar surface area (TPSA) is 50.8 Å². The predicted molar refractivity (Wildman–Crippen MR) is 105 cm³/mol. The zero-order chi connectivity index (χ0) is 18.8. The minimum atomic E-state index is -0.489. The minimum absolute atomic E-state index is 0.182. The maximum absolute atomic E-state index is 12.8. The summed E-state index contributed by atoms with van der Waals surface area (Å²) >= 11 is 18.0. The number of nitrogens with one attached hydrogen (secondary N) is 1. The Kier molecular flexibility index (Phi) is 6.07. The van der Waals surface area contributed by atoms with E-state index in [1.165, 1.54) is 0 Å². The molecular formula is C18H20Cl2N2O3S. The molecule has 1 heterocycles. The second-order valence-corrected chi connectivity index (χ2v) is 7.51. The number of nitrogens with zero attached hydrogens (tertiary/aromatic N) is 1. The number of carbonyl (C=O) groups excluding carboxylic acids is 1. The summed E-state index contributed by atoms with van der Waals surface area (Å²) < 4.78 is 10.4. The summed E-state index contributed by atoms with van der Waals surface area (Å²) in [5.41, 5.74) is 2.03. The molecule has 5 nitrogen and oxygen atoms in total. The van der Waals surface area contributed by atoms with Crippen LogP contribution in [0.2, 0.25) is 10.0 Å². The highest BCUT2D eigenvalue weighted by atomic mass is 35.5. The number of hydrogen-bond acceptors (Lipinski definition) is 4. The molecule has 0 unspecified atom stereocenters. The molecule has 1 aromatic carbocycles. The van der Waals surface area contributed by atoms with Crippen LogP contribution in [-0.2, 0) is 14.3 Å². The Balaban J connectivity index is 2.00. The van der Waals surface area contributed by atoms with E-state index < -0.39 is 12.0 Å². The van der Waals surface area contributed by atoms with Gasteiger partial charge < -0.3 is 19.7 Å². The van der Waals surface area contributed by atoms with E-state index in [2.05, 4.69) is 5.32 Å². The number of halogens is 2. The van der Waals surface area contributed by atoms with Crippen molar-refractivity contribution in [3.63, 3.8) is 0 Å². The van der Waals surface area contributed by atoms with Crippen molar-refractivity contribution in [2.24, 2.45) is 0 Å². The van der Waals surface area contributed by atoms with Gasteiger partial charge in [-0.15, -0.1) is 0 Å². The lowest BCUT2D eigenvalue weighted by Crippen LogP contribution is -2.48. The van der Waals surface area contributed by atoms with Gasteiger partial charge in [0, 0.05) is 28.9 Å². The Hall–Kier alpha value is -1.34. The van der Waals surface area contributed by atoms with E-state index in [9.17, 15) is 4.79 Å². The van der Waals surface area contributed by atoms with E-state index in [4.69, 9.17) is 44.9 Å². The molecule has 1 atom stereocenters. The van der Waals surface area contributed by atoms with Crippen molar-refractivity contribution in [2.75, 3.05) is 20.3 Å². The van der Waals surface area contributed by atoms with Crippen molar-refractivity contribution in [1.29, 1.82) is 0 Å². The zero-order valence-corrected chi connectivity index (χ0v) is 16.9. The third-order valence-electron chi connectivity index (χ3n) is 4.45. The molecule has 0 spiro atoms. The SMILES string of the molecule is COCCOC(=O)C1=C(C)N(C2CC2)C(=S)N[C@@H]1c1ccc(Cl)cc1Cl. The number of benzene rings is 1. The van der Waals surface area contributed by atoms with Crippen LogP contribution in [0.5, 0.6) is 0 Å². The molecule has 0 aromatic heterocycles. The molecule has 1 aromatic rings. The standard InChI is InChI=1S/C18H20Cl2N2O3S/c1-10-15(17(23)25-8-7-24-2)16(13-6-3-11(19)9-14(13)20)21-18(26)22(10)12-4-5-12/h3,6,9,12,16H,4-5,7-8H2,1-2H3,(H,21,26)/t16-/m1/s1. The Morgan fingerprint density at radius 2 is 2.08 bits per heavy atom. The van der Waals surface area contributed by atoms with Gasteiger partial charge in [-0.1, -0.05) is 29.3 Å². The van der Waals surface area contributed by atoms with Crippen LogP contribution in [0, 0.1) is 0 Å². The number of hydrogen-bond donors (Lipinski definition) is 1. The maximum Gasteiger partial charge on any atom is 0.338 e. The first-order valence-corrected chi connectivity index (χ1v) is 9.52. The maximum atomic E-state index is 12.8. The van der Waals surface area contributed by atoms with Crippen molar-refractivity contribution >= 4 is 46.5 Å². The van der Waals surface area contributed by atoms with Gasteiger partial charge in [0.25, 0.3) is 0 Å². The largest absolute Gasteiger partial charge is 0.460 e. The van der Waals surface area contributed by atoms with E-state index in [-0.39, 0.29) is 6.61 Å². The molecule has 1 fully saturated rings. The van der Waals surface area contributed by atoms with Crippen LogP contribution < -0.4 is 5.32 Å². The summed E-state index contributed by atoms with van der Waals surface area (Å²) in [6.07, 6.45) is 2.11. The number of rotatable bonds is 6. The average molecular weight is 415 g/mol. The van der Waals surface area contributed by atoms with E-state index >= 15 is 0 Å². The van der Waals surface area contributed by atoms with Crippen molar-refractivity contribution < 1.29 is 14.3 Å². The summed E-state index contributed by atoms with van der Waals surface area (Å²) in [4.78, 5) is 14.8. The monoisotopic (exact) mass is 414 g/mol. The Morgan fingerprint density at radius 3 is 2.69 bits per heavy atom. The van der Waals surface area contributed by atoms with Gasteiger partial charge in [-0.3, -0.25) is 0 Å². The van der Waals surface area contributed by atoms with Gasteiger partial charge >= 0.3 is 5.97 Å². The molecular weight excluding hydrogens is 395 g/mol. The molecule has 0 bridgehead atoms. The van der Waals surface area contributed by atoms with Gasteiger partial charge in [0.2, 0.25) is 0 Å². The molecule has 1 aliphatic carbocycles. The van der Waals surface area contributed by atoms with Crippen molar-refractivity contribution in [1.82, 2.24) is 10.2 Å². The number of allylic oxidation sites excluding steroid dienone is 1. The van der Waals surface area contributed by atoms with Crippen LogP contribution in [0.4, 0.5) is 0 Å². The molecule has 140 valence electrons. The van der Waals surface area contributed by atoms with Crippen LogP contribution in [0.1, 0.15) is 31.4 Å². The lowest BCUT2D eigenvalue weighted by molar-refractivity contribution is -0.140. The highest BCUT2D eigenvalue weighted by molar-refractivity contribution is 7.80. The zero-order valence-electron chi connectivity index (χ0n) is 14.6. The number of ether oxygens (including phenoxy) is 2. The molecule has 0 radical (unpaired) electrons. The average Bonchev–Trinajstić information content (AvgIpc) is 3.39. The predicted octanol–water partition coefficient (Wildman–Crippen LogP) is 3.85. The third-order valence-corrected chi connectivity index (χ3v) is 5.33. The van der Waals surface area contributed by atoms with Crippen molar-refractivity contribution in [3.8, 4) is 0 Å². The molecule has 1 saturated carbocycles. The van der Waals surface area contributed by atoms with Crippen molar-refractivity contribution in [2.45, 2.75) is 31.8 Å².